The SMILES string of the molecule is CC(C)OCCOCCCCCCCCCCCC#Cc1c(F)c(F)c(F)c(F)c1F. The summed E-state index contributed by atoms with van der Waals surface area (Å²) in [5.74, 6) is -5.28. The summed E-state index contributed by atoms with van der Waals surface area (Å²) in [5.41, 5.74) is -1.06. The Labute approximate surface area is 182 Å². The average Bonchev–Trinajstić information content (AvgIpc) is 2.74. The highest BCUT2D eigenvalue weighted by Crippen LogP contribution is 2.22. The highest BCUT2D eigenvalue weighted by molar-refractivity contribution is 5.38. The predicted octanol–water partition coefficient (Wildman–Crippen LogP) is 7.08. The summed E-state index contributed by atoms with van der Waals surface area (Å²) in [5, 5.41) is 0. The molecule has 2 nitrogen and oxygen atoms in total. The Morgan fingerprint density at radius 3 is 1.65 bits per heavy atom. The van der Waals surface area contributed by atoms with Gasteiger partial charge >= 0.3 is 0 Å². The van der Waals surface area contributed by atoms with E-state index in [4.69, 9.17) is 9.47 Å². The molecule has 0 aromatic heterocycles. The number of unbranched alkanes of at least 4 members (excludes halogenated alkanes) is 9. The molecule has 7 heteroatoms. The van der Waals surface area contributed by atoms with E-state index in [1.807, 2.05) is 13.8 Å². The van der Waals surface area contributed by atoms with Crippen LogP contribution in [0.5, 0.6) is 0 Å². The molecule has 0 atom stereocenters. The van der Waals surface area contributed by atoms with Crippen molar-refractivity contribution < 1.29 is 31.4 Å². The first-order chi connectivity index (χ1) is 14.9. The summed E-state index contributed by atoms with van der Waals surface area (Å²) in [6, 6.07) is 0. The van der Waals surface area contributed by atoms with E-state index in [9.17, 15) is 22.0 Å². The van der Waals surface area contributed by atoms with E-state index in [1.54, 1.807) is 0 Å². The van der Waals surface area contributed by atoms with Crippen molar-refractivity contribution in [2.75, 3.05) is 19.8 Å². The van der Waals surface area contributed by atoms with Gasteiger partial charge in [-0.15, -0.1) is 0 Å². The smallest absolute Gasteiger partial charge is 0.200 e. The molecule has 0 fully saturated rings. The van der Waals surface area contributed by atoms with Crippen LogP contribution in [0.25, 0.3) is 0 Å². The third-order valence-corrected chi connectivity index (χ3v) is 4.69. The average molecular weight is 449 g/mol. The van der Waals surface area contributed by atoms with Gasteiger partial charge in [-0.3, -0.25) is 0 Å². The second-order valence-corrected chi connectivity index (χ2v) is 7.71. The van der Waals surface area contributed by atoms with Gasteiger partial charge in [-0.05, 0) is 26.7 Å². The normalized spacial score (nSPS) is 11.1. The summed E-state index contributed by atoms with van der Waals surface area (Å²) in [6.07, 6.45) is 10.1. The van der Waals surface area contributed by atoms with Crippen LogP contribution < -0.4 is 0 Å². The van der Waals surface area contributed by atoms with Crippen molar-refractivity contribution in [2.45, 2.75) is 84.2 Å². The quantitative estimate of drug-likeness (QED) is 0.0939. The number of rotatable bonds is 15. The monoisotopic (exact) mass is 448 g/mol. The van der Waals surface area contributed by atoms with E-state index >= 15 is 0 Å². The third kappa shape index (κ3) is 11.0. The Hall–Kier alpha value is -1.65. The summed E-state index contributed by atoms with van der Waals surface area (Å²) in [4.78, 5) is 0. The zero-order valence-electron chi connectivity index (χ0n) is 18.5. The van der Waals surface area contributed by atoms with Crippen molar-refractivity contribution >= 4 is 0 Å². The molecular weight excluding hydrogens is 415 g/mol. The number of hydrogen-bond acceptors (Lipinski definition) is 2. The minimum absolute atomic E-state index is 0.240. The topological polar surface area (TPSA) is 18.5 Å². The number of halogens is 5. The van der Waals surface area contributed by atoms with Gasteiger partial charge in [0.05, 0.1) is 19.3 Å². The molecule has 0 aliphatic carbocycles. The summed E-state index contributed by atoms with van der Waals surface area (Å²) < 4.78 is 77.0. The van der Waals surface area contributed by atoms with Crippen LogP contribution in [0.3, 0.4) is 0 Å². The van der Waals surface area contributed by atoms with Crippen LogP contribution in [0.1, 0.15) is 83.6 Å². The largest absolute Gasteiger partial charge is 0.379 e. The van der Waals surface area contributed by atoms with Gasteiger partial charge in [0, 0.05) is 13.0 Å². The predicted molar refractivity (Wildman–Crippen MR) is 111 cm³/mol. The lowest BCUT2D eigenvalue weighted by atomic mass is 10.1. The zero-order chi connectivity index (χ0) is 23.1. The molecule has 0 bridgehead atoms. The molecule has 0 saturated heterocycles. The van der Waals surface area contributed by atoms with Crippen molar-refractivity contribution in [3.63, 3.8) is 0 Å². The molecule has 31 heavy (non-hydrogen) atoms. The molecule has 0 unspecified atom stereocenters. The van der Waals surface area contributed by atoms with E-state index in [0.29, 0.717) is 19.6 Å². The van der Waals surface area contributed by atoms with Crippen LogP contribution in [-0.2, 0) is 9.47 Å². The Balaban J connectivity index is 2.02. The van der Waals surface area contributed by atoms with Crippen LogP contribution >= 0.6 is 0 Å². The first-order valence-corrected chi connectivity index (χ1v) is 11.1. The molecular formula is C24H33F5O2. The van der Waals surface area contributed by atoms with Gasteiger partial charge in [0.2, 0.25) is 5.82 Å². The lowest BCUT2D eigenvalue weighted by Crippen LogP contribution is -2.10. The van der Waals surface area contributed by atoms with Crippen molar-refractivity contribution in [2.24, 2.45) is 0 Å². The molecule has 176 valence electrons. The minimum atomic E-state index is -2.17. The Morgan fingerprint density at radius 1 is 0.613 bits per heavy atom. The zero-order valence-corrected chi connectivity index (χ0v) is 18.5. The first-order valence-electron chi connectivity index (χ1n) is 11.1. The minimum Gasteiger partial charge on any atom is -0.379 e. The number of benzene rings is 1. The van der Waals surface area contributed by atoms with E-state index in [0.717, 1.165) is 51.6 Å². The molecule has 0 heterocycles. The van der Waals surface area contributed by atoms with Crippen LogP contribution in [0.15, 0.2) is 0 Å². The van der Waals surface area contributed by atoms with Crippen molar-refractivity contribution in [3.8, 4) is 11.8 Å². The van der Waals surface area contributed by atoms with Gasteiger partial charge in [-0.1, -0.05) is 56.8 Å². The fraction of sp³-hybridized carbons (Fsp3) is 0.667. The number of ether oxygens (including phenoxy) is 2. The van der Waals surface area contributed by atoms with E-state index in [2.05, 4.69) is 11.8 Å². The second kappa shape index (κ2) is 16.0. The Kier molecular flexibility index (Phi) is 14.2. The van der Waals surface area contributed by atoms with Gasteiger partial charge in [0.15, 0.2) is 23.3 Å². The van der Waals surface area contributed by atoms with Crippen LogP contribution in [0.2, 0.25) is 0 Å². The molecule has 0 saturated carbocycles. The summed E-state index contributed by atoms with van der Waals surface area (Å²) >= 11 is 0. The summed E-state index contributed by atoms with van der Waals surface area (Å²) in [7, 11) is 0. The summed E-state index contributed by atoms with van der Waals surface area (Å²) in [6.45, 7) is 6.06. The van der Waals surface area contributed by atoms with Crippen molar-refractivity contribution in [3.05, 3.63) is 34.6 Å². The Bertz CT molecular complexity index is 681. The van der Waals surface area contributed by atoms with Gasteiger partial charge in [-0.2, -0.15) is 0 Å². The molecule has 0 amide bonds. The Morgan fingerprint density at radius 2 is 1.10 bits per heavy atom. The lowest BCUT2D eigenvalue weighted by Gasteiger charge is -2.08. The van der Waals surface area contributed by atoms with E-state index < -0.39 is 34.6 Å². The molecule has 1 rings (SSSR count). The standard InChI is InChI=1S/C24H33F5O2/c1-18(2)31-17-16-30-15-13-11-9-7-5-3-4-6-8-10-12-14-19-20(25)22(27)24(29)23(28)21(19)26/h18H,3-11,13,15-17H2,1-2H3. The molecule has 0 aliphatic heterocycles. The van der Waals surface area contributed by atoms with Gasteiger partial charge in [-0.25, -0.2) is 22.0 Å². The van der Waals surface area contributed by atoms with Crippen molar-refractivity contribution in [1.82, 2.24) is 0 Å². The molecule has 0 aliphatic rings. The highest BCUT2D eigenvalue weighted by atomic mass is 19.2. The molecule has 0 spiro atoms. The van der Waals surface area contributed by atoms with E-state index in [-0.39, 0.29) is 6.10 Å². The van der Waals surface area contributed by atoms with E-state index in [1.165, 1.54) is 12.8 Å². The fourth-order valence-electron chi connectivity index (χ4n) is 2.97. The van der Waals surface area contributed by atoms with Gasteiger partial charge < -0.3 is 9.47 Å². The maximum atomic E-state index is 13.5. The first kappa shape index (κ1) is 27.4. The highest BCUT2D eigenvalue weighted by Gasteiger charge is 2.24. The molecule has 1 aromatic carbocycles. The second-order valence-electron chi connectivity index (χ2n) is 7.71. The molecule has 0 radical (unpaired) electrons. The van der Waals surface area contributed by atoms with Crippen molar-refractivity contribution in [1.29, 1.82) is 0 Å². The van der Waals surface area contributed by atoms with Gasteiger partial charge in [0.1, 0.15) is 5.56 Å². The van der Waals surface area contributed by atoms with Crippen LogP contribution in [0.4, 0.5) is 22.0 Å². The van der Waals surface area contributed by atoms with Crippen LogP contribution in [-0.4, -0.2) is 25.9 Å². The molecule has 1 aromatic rings. The maximum Gasteiger partial charge on any atom is 0.200 e. The third-order valence-electron chi connectivity index (χ3n) is 4.69. The van der Waals surface area contributed by atoms with Gasteiger partial charge in [0.25, 0.3) is 0 Å². The fourth-order valence-corrected chi connectivity index (χ4v) is 2.97. The van der Waals surface area contributed by atoms with Crippen LogP contribution in [0, 0.1) is 40.9 Å². The lowest BCUT2D eigenvalue weighted by molar-refractivity contribution is 0.0186. The maximum absolute atomic E-state index is 13.5. The number of hydrogen-bond donors (Lipinski definition) is 0. The molecule has 0 N–H and O–H groups in total.